The predicted octanol–water partition coefficient (Wildman–Crippen LogP) is 4.37. The van der Waals surface area contributed by atoms with Crippen molar-refractivity contribution in [1.29, 1.82) is 0 Å². The number of nitrogens with zero attached hydrogens (tertiary/aromatic N) is 1. The second kappa shape index (κ2) is 7.24. The van der Waals surface area contributed by atoms with Gasteiger partial charge in [0.1, 0.15) is 0 Å². The van der Waals surface area contributed by atoms with Crippen molar-refractivity contribution < 1.29 is 9.90 Å². The van der Waals surface area contributed by atoms with E-state index >= 15 is 0 Å². The number of carboxylic acid groups (broad SMARTS) is 1. The van der Waals surface area contributed by atoms with Crippen molar-refractivity contribution >= 4 is 23.3 Å². The molecule has 0 aromatic heterocycles. The Hall–Kier alpha value is -2.04. The third-order valence-electron chi connectivity index (χ3n) is 4.13. The molecular formula is C20H21NO2S. The molecule has 0 amide bonds. The number of thioether (sulfide) groups is 1. The molecule has 0 bridgehead atoms. The van der Waals surface area contributed by atoms with Crippen LogP contribution < -0.4 is 0 Å². The molecule has 0 saturated carbocycles. The topological polar surface area (TPSA) is 40.5 Å². The van der Waals surface area contributed by atoms with Gasteiger partial charge in [-0.2, -0.15) is 0 Å². The molecule has 3 nitrogen and oxygen atoms in total. The second-order valence-corrected chi connectivity index (χ2v) is 7.19. The van der Waals surface area contributed by atoms with E-state index in [4.69, 9.17) is 0 Å². The molecule has 0 fully saturated rings. The Morgan fingerprint density at radius 3 is 2.75 bits per heavy atom. The van der Waals surface area contributed by atoms with Gasteiger partial charge in [0.2, 0.25) is 0 Å². The molecule has 4 heteroatoms. The van der Waals surface area contributed by atoms with Crippen molar-refractivity contribution in [3.05, 3.63) is 70.8 Å². The van der Waals surface area contributed by atoms with Crippen LogP contribution in [0.4, 0.5) is 0 Å². The number of benzene rings is 2. The maximum Gasteiger partial charge on any atom is 0.335 e. The van der Waals surface area contributed by atoms with Crippen LogP contribution in [0, 0.1) is 0 Å². The first-order valence-corrected chi connectivity index (χ1v) is 8.98. The minimum atomic E-state index is -0.879. The first kappa shape index (κ1) is 16.8. The lowest BCUT2D eigenvalue weighted by Crippen LogP contribution is -2.12. The molecule has 0 unspecified atom stereocenters. The monoisotopic (exact) mass is 339 g/mol. The third-order valence-corrected chi connectivity index (χ3v) is 5.25. The van der Waals surface area contributed by atoms with Gasteiger partial charge in [-0.3, -0.25) is 0 Å². The second-order valence-electron chi connectivity index (χ2n) is 6.17. The smallest absolute Gasteiger partial charge is 0.335 e. The molecule has 1 heterocycles. The average molecular weight is 339 g/mol. The van der Waals surface area contributed by atoms with Gasteiger partial charge in [-0.25, -0.2) is 4.79 Å². The first-order chi connectivity index (χ1) is 11.6. The standard InChI is InChI=1S/C20H21NO2S/c1-21(2)11-5-7-16-17-6-3-4-8-19(17)24-13-15-10-9-14(20(22)23)12-18(15)16/h3-4,6-10,12H,5,11,13H2,1-2H3,(H,22,23). The average Bonchev–Trinajstić information content (AvgIpc) is 2.71. The van der Waals surface area contributed by atoms with E-state index in [1.807, 2.05) is 30.0 Å². The van der Waals surface area contributed by atoms with Crippen LogP contribution in [0.3, 0.4) is 0 Å². The van der Waals surface area contributed by atoms with Crippen LogP contribution in [-0.4, -0.2) is 36.6 Å². The number of hydrogen-bond donors (Lipinski definition) is 1. The van der Waals surface area contributed by atoms with Crippen molar-refractivity contribution in [2.45, 2.75) is 17.1 Å². The summed E-state index contributed by atoms with van der Waals surface area (Å²) in [4.78, 5) is 14.8. The van der Waals surface area contributed by atoms with E-state index < -0.39 is 5.97 Å². The Morgan fingerprint density at radius 1 is 1.21 bits per heavy atom. The first-order valence-electron chi connectivity index (χ1n) is 8.00. The molecule has 3 rings (SSSR count). The zero-order valence-electron chi connectivity index (χ0n) is 14.0. The van der Waals surface area contributed by atoms with Crippen molar-refractivity contribution in [2.75, 3.05) is 20.6 Å². The fourth-order valence-corrected chi connectivity index (χ4v) is 3.96. The van der Waals surface area contributed by atoms with Gasteiger partial charge in [0, 0.05) is 17.2 Å². The van der Waals surface area contributed by atoms with Crippen molar-refractivity contribution in [1.82, 2.24) is 4.90 Å². The highest BCUT2D eigenvalue weighted by Gasteiger charge is 2.19. The fraction of sp³-hybridized carbons (Fsp3) is 0.250. The SMILES string of the molecule is CN(C)CCC=C1c2cc(C(=O)O)ccc2CSc2ccccc21. The molecule has 2 aromatic rings. The molecule has 2 aromatic carbocycles. The van der Waals surface area contributed by atoms with Crippen molar-refractivity contribution in [3.63, 3.8) is 0 Å². The molecule has 1 aliphatic rings. The van der Waals surface area contributed by atoms with Gasteiger partial charge in [0.25, 0.3) is 0 Å². The van der Waals surface area contributed by atoms with Gasteiger partial charge in [0.05, 0.1) is 5.56 Å². The Labute approximate surface area is 147 Å². The minimum Gasteiger partial charge on any atom is -0.478 e. The van der Waals surface area contributed by atoms with Crippen LogP contribution in [0.25, 0.3) is 5.57 Å². The summed E-state index contributed by atoms with van der Waals surface area (Å²) in [6.07, 6.45) is 3.17. The van der Waals surface area contributed by atoms with E-state index in [0.717, 1.165) is 29.9 Å². The molecule has 0 spiro atoms. The van der Waals surface area contributed by atoms with Gasteiger partial charge in [0.15, 0.2) is 0 Å². The Morgan fingerprint density at radius 2 is 2.00 bits per heavy atom. The van der Waals surface area contributed by atoms with E-state index in [-0.39, 0.29) is 0 Å². The normalized spacial score (nSPS) is 15.0. The number of hydrogen-bond acceptors (Lipinski definition) is 3. The summed E-state index contributed by atoms with van der Waals surface area (Å²) in [5.41, 5.74) is 4.93. The maximum absolute atomic E-state index is 11.4. The molecule has 1 N–H and O–H groups in total. The summed E-state index contributed by atoms with van der Waals surface area (Å²) >= 11 is 1.81. The van der Waals surface area contributed by atoms with Gasteiger partial charge >= 0.3 is 5.97 Å². The number of rotatable bonds is 4. The zero-order valence-corrected chi connectivity index (χ0v) is 14.8. The highest BCUT2D eigenvalue weighted by molar-refractivity contribution is 7.98. The third kappa shape index (κ3) is 3.55. The molecule has 0 atom stereocenters. The summed E-state index contributed by atoms with van der Waals surface area (Å²) in [5, 5.41) is 9.36. The lowest BCUT2D eigenvalue weighted by atomic mass is 9.92. The fourth-order valence-electron chi connectivity index (χ4n) is 2.89. The summed E-state index contributed by atoms with van der Waals surface area (Å²) in [5.74, 6) is -0.0207. The molecule has 0 saturated heterocycles. The van der Waals surface area contributed by atoms with E-state index in [1.54, 1.807) is 6.07 Å². The number of carbonyl (C=O) groups is 1. The van der Waals surface area contributed by atoms with Crippen LogP contribution in [-0.2, 0) is 5.75 Å². The van der Waals surface area contributed by atoms with Crippen molar-refractivity contribution in [3.8, 4) is 0 Å². The number of fused-ring (bicyclic) bond motifs is 2. The lowest BCUT2D eigenvalue weighted by molar-refractivity contribution is 0.0697. The molecule has 124 valence electrons. The van der Waals surface area contributed by atoms with E-state index in [1.165, 1.54) is 16.0 Å². The van der Waals surface area contributed by atoms with E-state index in [0.29, 0.717) is 5.56 Å². The summed E-state index contributed by atoms with van der Waals surface area (Å²) < 4.78 is 0. The maximum atomic E-state index is 11.4. The van der Waals surface area contributed by atoms with Gasteiger partial charge in [-0.05, 0) is 61.0 Å². The highest BCUT2D eigenvalue weighted by atomic mass is 32.2. The van der Waals surface area contributed by atoms with Crippen molar-refractivity contribution in [2.24, 2.45) is 0 Å². The quantitative estimate of drug-likeness (QED) is 0.898. The summed E-state index contributed by atoms with van der Waals surface area (Å²) in [6, 6.07) is 13.9. The van der Waals surface area contributed by atoms with Gasteiger partial charge < -0.3 is 10.0 Å². The summed E-state index contributed by atoms with van der Waals surface area (Å²) in [6.45, 7) is 0.965. The van der Waals surface area contributed by atoms with E-state index in [9.17, 15) is 9.90 Å². The Bertz CT molecular complexity index is 796. The minimum absolute atomic E-state index is 0.344. The van der Waals surface area contributed by atoms with Crippen LogP contribution in [0.5, 0.6) is 0 Å². The molecule has 0 aliphatic carbocycles. The zero-order chi connectivity index (χ0) is 17.1. The van der Waals surface area contributed by atoms with Crippen LogP contribution >= 0.6 is 11.8 Å². The molecular weight excluding hydrogens is 318 g/mol. The number of carboxylic acids is 1. The Balaban J connectivity index is 2.13. The number of aromatic carboxylic acids is 1. The lowest BCUT2D eigenvalue weighted by Gasteiger charge is -2.13. The largest absolute Gasteiger partial charge is 0.478 e. The summed E-state index contributed by atoms with van der Waals surface area (Å²) in [7, 11) is 4.12. The Kier molecular flexibility index (Phi) is 5.07. The van der Waals surface area contributed by atoms with Gasteiger partial charge in [-0.1, -0.05) is 30.3 Å². The molecule has 1 aliphatic heterocycles. The molecule has 0 radical (unpaired) electrons. The van der Waals surface area contributed by atoms with Crippen LogP contribution in [0.15, 0.2) is 53.4 Å². The van der Waals surface area contributed by atoms with Gasteiger partial charge in [-0.15, -0.1) is 11.8 Å². The predicted molar refractivity (Wildman–Crippen MR) is 99.7 cm³/mol. The van der Waals surface area contributed by atoms with Crippen LogP contribution in [0.2, 0.25) is 0 Å². The van der Waals surface area contributed by atoms with Crippen LogP contribution in [0.1, 0.15) is 33.5 Å². The highest BCUT2D eigenvalue weighted by Crippen LogP contribution is 2.40. The van der Waals surface area contributed by atoms with E-state index in [2.05, 4.69) is 43.3 Å². The molecule has 24 heavy (non-hydrogen) atoms.